The minimum absolute atomic E-state index is 0.137. The molecule has 1 aromatic carbocycles. The molecule has 4 heteroatoms. The van der Waals surface area contributed by atoms with Crippen molar-refractivity contribution in [2.75, 3.05) is 19.8 Å². The Kier molecular flexibility index (Phi) is 6.33. The first-order valence-corrected chi connectivity index (χ1v) is 7.92. The number of benzene rings is 1. The molecular weight excluding hydrogens is 266 g/mol. The normalized spacial score (nSPS) is 18.8. The zero-order valence-electron chi connectivity index (χ0n) is 13.4. The van der Waals surface area contributed by atoms with Crippen LogP contribution in [0.5, 0.6) is 11.5 Å². The summed E-state index contributed by atoms with van der Waals surface area (Å²) in [5.74, 6) is 1.65. The highest BCUT2D eigenvalue weighted by atomic mass is 16.6. The van der Waals surface area contributed by atoms with Crippen LogP contribution >= 0.6 is 0 Å². The van der Waals surface area contributed by atoms with Crippen LogP contribution in [0.2, 0.25) is 0 Å². The van der Waals surface area contributed by atoms with Crippen LogP contribution in [0.4, 0.5) is 0 Å². The lowest BCUT2D eigenvalue weighted by Crippen LogP contribution is -2.28. The minimum Gasteiger partial charge on any atom is -0.490 e. The molecule has 0 amide bonds. The van der Waals surface area contributed by atoms with Gasteiger partial charge in [-0.1, -0.05) is 19.9 Å². The molecule has 1 heterocycles. The lowest BCUT2D eigenvalue weighted by molar-refractivity contribution is 0.00624. The number of hydrogen-bond donors (Lipinski definition) is 1. The van der Waals surface area contributed by atoms with Crippen molar-refractivity contribution < 1.29 is 14.2 Å². The maximum absolute atomic E-state index is 6.05. The first-order valence-electron chi connectivity index (χ1n) is 7.92. The van der Waals surface area contributed by atoms with Crippen LogP contribution in [0, 0.1) is 0 Å². The third kappa shape index (κ3) is 5.21. The van der Waals surface area contributed by atoms with Gasteiger partial charge in [-0.3, -0.25) is 0 Å². The fraction of sp³-hybridized carbons (Fsp3) is 0.647. The fourth-order valence-corrected chi connectivity index (χ4v) is 2.33. The first-order chi connectivity index (χ1) is 10.2. The van der Waals surface area contributed by atoms with Crippen LogP contribution in [0.3, 0.4) is 0 Å². The van der Waals surface area contributed by atoms with Crippen LogP contribution in [0.15, 0.2) is 18.2 Å². The van der Waals surface area contributed by atoms with Gasteiger partial charge in [0.15, 0.2) is 11.5 Å². The third-order valence-electron chi connectivity index (χ3n) is 3.43. The lowest BCUT2D eigenvalue weighted by atomic mass is 10.1. The molecule has 0 radical (unpaired) electrons. The Hall–Kier alpha value is -1.26. The van der Waals surface area contributed by atoms with Gasteiger partial charge in [-0.25, -0.2) is 0 Å². The smallest absolute Gasteiger partial charge is 0.161 e. The summed E-state index contributed by atoms with van der Waals surface area (Å²) in [6.45, 7) is 9.27. The molecule has 0 bridgehead atoms. The van der Waals surface area contributed by atoms with Crippen LogP contribution in [0.1, 0.15) is 39.2 Å². The molecule has 0 spiro atoms. The van der Waals surface area contributed by atoms with E-state index in [0.717, 1.165) is 37.5 Å². The first kappa shape index (κ1) is 16.1. The van der Waals surface area contributed by atoms with Gasteiger partial charge in [0.05, 0.1) is 13.2 Å². The molecule has 1 atom stereocenters. The predicted octanol–water partition coefficient (Wildman–Crippen LogP) is 3.14. The van der Waals surface area contributed by atoms with Crippen LogP contribution in [-0.4, -0.2) is 32.0 Å². The Morgan fingerprint density at radius 1 is 1.33 bits per heavy atom. The van der Waals surface area contributed by atoms with E-state index in [2.05, 4.69) is 31.3 Å². The van der Waals surface area contributed by atoms with E-state index in [1.807, 2.05) is 13.0 Å². The van der Waals surface area contributed by atoms with E-state index in [0.29, 0.717) is 19.3 Å². The molecule has 1 aliphatic rings. The molecule has 1 aromatic rings. The Labute approximate surface area is 127 Å². The molecule has 1 N–H and O–H groups in total. The van der Waals surface area contributed by atoms with Gasteiger partial charge in [-0.15, -0.1) is 0 Å². The molecule has 0 aliphatic carbocycles. The zero-order valence-corrected chi connectivity index (χ0v) is 13.4. The van der Waals surface area contributed by atoms with Gasteiger partial charge in [0.25, 0.3) is 0 Å². The monoisotopic (exact) mass is 293 g/mol. The quantitative estimate of drug-likeness (QED) is 0.838. The van der Waals surface area contributed by atoms with Crippen LogP contribution in [-0.2, 0) is 11.3 Å². The summed E-state index contributed by atoms with van der Waals surface area (Å²) in [5, 5.41) is 3.42. The summed E-state index contributed by atoms with van der Waals surface area (Å²) in [6, 6.07) is 6.64. The summed E-state index contributed by atoms with van der Waals surface area (Å²) in [5.41, 5.74) is 1.21. The predicted molar refractivity (Wildman–Crippen MR) is 84.1 cm³/mol. The second kappa shape index (κ2) is 8.25. The number of hydrogen-bond acceptors (Lipinski definition) is 4. The molecule has 21 heavy (non-hydrogen) atoms. The van der Waals surface area contributed by atoms with Crippen molar-refractivity contribution in [1.29, 1.82) is 0 Å². The van der Waals surface area contributed by atoms with Gasteiger partial charge < -0.3 is 19.5 Å². The summed E-state index contributed by atoms with van der Waals surface area (Å²) >= 11 is 0. The number of rotatable bonds is 7. The lowest BCUT2D eigenvalue weighted by Gasteiger charge is -2.24. The topological polar surface area (TPSA) is 39.7 Å². The van der Waals surface area contributed by atoms with E-state index in [9.17, 15) is 0 Å². The molecule has 118 valence electrons. The maximum atomic E-state index is 6.05. The molecule has 1 saturated heterocycles. The Morgan fingerprint density at radius 2 is 2.19 bits per heavy atom. The minimum atomic E-state index is 0.137. The largest absolute Gasteiger partial charge is 0.490 e. The van der Waals surface area contributed by atoms with Crippen molar-refractivity contribution in [2.24, 2.45) is 0 Å². The second-order valence-electron chi connectivity index (χ2n) is 5.71. The summed E-state index contributed by atoms with van der Waals surface area (Å²) in [4.78, 5) is 0. The van der Waals surface area contributed by atoms with E-state index >= 15 is 0 Å². The van der Waals surface area contributed by atoms with Gasteiger partial charge in [0, 0.05) is 19.2 Å². The van der Waals surface area contributed by atoms with E-state index in [1.54, 1.807) is 0 Å². The molecule has 1 aliphatic heterocycles. The van der Waals surface area contributed by atoms with Gasteiger partial charge in [-0.2, -0.15) is 0 Å². The van der Waals surface area contributed by atoms with E-state index in [-0.39, 0.29) is 6.10 Å². The molecule has 0 saturated carbocycles. The molecular formula is C17H27NO3. The van der Waals surface area contributed by atoms with Gasteiger partial charge in [0.2, 0.25) is 0 Å². The number of nitrogens with one attached hydrogen (secondary N) is 1. The second-order valence-corrected chi connectivity index (χ2v) is 5.71. The van der Waals surface area contributed by atoms with Crippen molar-refractivity contribution in [3.05, 3.63) is 23.8 Å². The average Bonchev–Trinajstić information content (AvgIpc) is 2.49. The summed E-state index contributed by atoms with van der Waals surface area (Å²) in [6.07, 6.45) is 2.24. The van der Waals surface area contributed by atoms with E-state index < -0.39 is 0 Å². The highest BCUT2D eigenvalue weighted by Crippen LogP contribution is 2.30. The van der Waals surface area contributed by atoms with Crippen molar-refractivity contribution in [1.82, 2.24) is 5.32 Å². The van der Waals surface area contributed by atoms with E-state index in [1.165, 1.54) is 5.56 Å². The van der Waals surface area contributed by atoms with Crippen LogP contribution in [0.25, 0.3) is 0 Å². The molecule has 0 aromatic heterocycles. The molecule has 4 nitrogen and oxygen atoms in total. The van der Waals surface area contributed by atoms with Gasteiger partial charge in [-0.05, 0) is 37.5 Å². The van der Waals surface area contributed by atoms with Crippen LogP contribution < -0.4 is 14.8 Å². The standard InChI is InChI=1S/C17H27NO3/c1-4-20-17-10-14(11-18-13(2)3)7-8-16(17)21-15-6-5-9-19-12-15/h7-8,10,13,15,18H,4-6,9,11-12H2,1-3H3. The van der Waals surface area contributed by atoms with Crippen molar-refractivity contribution in [3.8, 4) is 11.5 Å². The molecule has 1 fully saturated rings. The summed E-state index contributed by atoms with van der Waals surface area (Å²) in [7, 11) is 0. The van der Waals surface area contributed by atoms with Gasteiger partial charge >= 0.3 is 0 Å². The van der Waals surface area contributed by atoms with Gasteiger partial charge in [0.1, 0.15) is 6.10 Å². The fourth-order valence-electron chi connectivity index (χ4n) is 2.33. The zero-order chi connectivity index (χ0) is 15.1. The molecule has 2 rings (SSSR count). The number of ether oxygens (including phenoxy) is 3. The highest BCUT2D eigenvalue weighted by molar-refractivity contribution is 5.43. The van der Waals surface area contributed by atoms with Crippen molar-refractivity contribution in [3.63, 3.8) is 0 Å². The Balaban J connectivity index is 2.04. The molecule has 1 unspecified atom stereocenters. The van der Waals surface area contributed by atoms with Crippen molar-refractivity contribution in [2.45, 2.75) is 52.3 Å². The maximum Gasteiger partial charge on any atom is 0.161 e. The van der Waals surface area contributed by atoms with Crippen molar-refractivity contribution >= 4 is 0 Å². The third-order valence-corrected chi connectivity index (χ3v) is 3.43. The summed E-state index contributed by atoms with van der Waals surface area (Å²) < 4.78 is 17.2. The van der Waals surface area contributed by atoms with E-state index in [4.69, 9.17) is 14.2 Å². The Morgan fingerprint density at radius 3 is 2.86 bits per heavy atom. The highest BCUT2D eigenvalue weighted by Gasteiger charge is 2.17. The average molecular weight is 293 g/mol. The Bertz CT molecular complexity index is 428. The SMILES string of the molecule is CCOc1cc(CNC(C)C)ccc1OC1CCCOC1.